The van der Waals surface area contributed by atoms with Gasteiger partial charge in [-0.2, -0.15) is 4.98 Å². The third kappa shape index (κ3) is 2.53. The van der Waals surface area contributed by atoms with E-state index in [9.17, 15) is 4.79 Å². The first kappa shape index (κ1) is 11.8. The largest absolute Gasteiger partial charge is 0.392 e. The minimum atomic E-state index is -0.222. The summed E-state index contributed by atoms with van der Waals surface area (Å²) < 4.78 is 0. The van der Waals surface area contributed by atoms with E-state index in [0.29, 0.717) is 5.39 Å². The Balaban J connectivity index is 2.48. The van der Waals surface area contributed by atoms with Gasteiger partial charge in [-0.25, -0.2) is 0 Å². The highest BCUT2D eigenvalue weighted by molar-refractivity contribution is 5.78. The number of aliphatic hydroxyl groups excluding tert-OH is 1. The average Bonchev–Trinajstić information content (AvgIpc) is 2.36. The minimum absolute atomic E-state index is 0.0625. The molecule has 17 heavy (non-hydrogen) atoms. The fourth-order valence-electron chi connectivity index (χ4n) is 1.80. The van der Waals surface area contributed by atoms with Gasteiger partial charge in [-0.3, -0.25) is 4.79 Å². The van der Waals surface area contributed by atoms with Crippen LogP contribution in [0.5, 0.6) is 0 Å². The van der Waals surface area contributed by atoms with E-state index in [1.807, 2.05) is 12.1 Å². The molecule has 0 saturated heterocycles. The number of unbranched alkanes of at least 4 members (excludes halogenated alkanes) is 1. The van der Waals surface area contributed by atoms with E-state index < -0.39 is 0 Å². The number of nitrogens with one attached hydrogen (secondary N) is 1. The third-order valence-electron chi connectivity index (χ3n) is 2.78. The van der Waals surface area contributed by atoms with E-state index >= 15 is 0 Å². The smallest absolute Gasteiger partial charge is 0.280 e. The maximum Gasteiger partial charge on any atom is 0.280 e. The van der Waals surface area contributed by atoms with E-state index in [0.717, 1.165) is 36.2 Å². The fraction of sp³-hybridized carbons (Fsp3) is 0.385. The lowest BCUT2D eigenvalue weighted by Gasteiger charge is -2.04. The standard InChI is InChI=1S/C13H16N2O2/c1-2-3-4-12-14-11-6-5-9(8-16)7-10(11)13(17)15-12/h5-7,16H,2-4,8H2,1H3,(H,14,15,17). The Morgan fingerprint density at radius 3 is 2.94 bits per heavy atom. The molecule has 1 heterocycles. The van der Waals surface area contributed by atoms with Gasteiger partial charge in [-0.05, 0) is 24.1 Å². The molecule has 1 aromatic carbocycles. The lowest BCUT2D eigenvalue weighted by atomic mass is 10.1. The first-order valence-corrected chi connectivity index (χ1v) is 5.87. The van der Waals surface area contributed by atoms with E-state index in [4.69, 9.17) is 5.11 Å². The summed E-state index contributed by atoms with van der Waals surface area (Å²) in [4.78, 5) is 19.0. The molecule has 0 aliphatic heterocycles. The SMILES string of the molecule is CCCCc1nc(=O)c2cc(CO)ccc2[nH]1. The molecule has 0 aliphatic carbocycles. The second kappa shape index (κ2) is 5.10. The normalized spacial score (nSPS) is 10.9. The summed E-state index contributed by atoms with van der Waals surface area (Å²) in [5.41, 5.74) is 1.29. The number of aryl methyl sites for hydroxylation is 1. The van der Waals surface area contributed by atoms with Crippen LogP contribution < -0.4 is 5.56 Å². The molecule has 1 aromatic heterocycles. The van der Waals surface area contributed by atoms with Crippen LogP contribution in [0.15, 0.2) is 23.0 Å². The molecular formula is C13H16N2O2. The van der Waals surface area contributed by atoms with Crippen molar-refractivity contribution in [3.63, 3.8) is 0 Å². The number of aliphatic hydroxyl groups is 1. The summed E-state index contributed by atoms with van der Waals surface area (Å²) in [6.45, 7) is 2.04. The van der Waals surface area contributed by atoms with Crippen molar-refractivity contribution in [3.8, 4) is 0 Å². The lowest BCUT2D eigenvalue weighted by molar-refractivity contribution is 0.282. The Kier molecular flexibility index (Phi) is 3.54. The van der Waals surface area contributed by atoms with Gasteiger partial charge in [0.05, 0.1) is 17.5 Å². The van der Waals surface area contributed by atoms with Gasteiger partial charge in [0.15, 0.2) is 0 Å². The quantitative estimate of drug-likeness (QED) is 0.844. The van der Waals surface area contributed by atoms with Crippen LogP contribution in [-0.4, -0.2) is 15.1 Å². The zero-order valence-electron chi connectivity index (χ0n) is 9.86. The Bertz CT molecular complexity index is 575. The van der Waals surface area contributed by atoms with Gasteiger partial charge in [0.2, 0.25) is 0 Å². The number of hydrogen-bond donors (Lipinski definition) is 2. The number of benzene rings is 1. The molecule has 4 heteroatoms. The maximum atomic E-state index is 11.8. The van der Waals surface area contributed by atoms with E-state index in [1.165, 1.54) is 0 Å². The van der Waals surface area contributed by atoms with E-state index in [1.54, 1.807) is 6.07 Å². The highest BCUT2D eigenvalue weighted by Gasteiger charge is 2.04. The molecular weight excluding hydrogens is 216 g/mol. The molecule has 0 amide bonds. The van der Waals surface area contributed by atoms with Crippen LogP contribution >= 0.6 is 0 Å². The third-order valence-corrected chi connectivity index (χ3v) is 2.78. The molecule has 0 unspecified atom stereocenters. The lowest BCUT2D eigenvalue weighted by Crippen LogP contribution is -2.12. The van der Waals surface area contributed by atoms with Gasteiger partial charge in [0.1, 0.15) is 5.82 Å². The summed E-state index contributed by atoms with van der Waals surface area (Å²) in [5, 5.41) is 9.56. The highest BCUT2D eigenvalue weighted by atomic mass is 16.3. The van der Waals surface area contributed by atoms with Crippen molar-refractivity contribution >= 4 is 10.9 Å². The predicted molar refractivity (Wildman–Crippen MR) is 66.9 cm³/mol. The van der Waals surface area contributed by atoms with Crippen LogP contribution in [0.3, 0.4) is 0 Å². The summed E-state index contributed by atoms with van der Waals surface area (Å²) in [6, 6.07) is 5.31. The van der Waals surface area contributed by atoms with Crippen LogP contribution in [-0.2, 0) is 13.0 Å². The van der Waals surface area contributed by atoms with Gasteiger partial charge in [0.25, 0.3) is 5.56 Å². The average molecular weight is 232 g/mol. The number of fused-ring (bicyclic) bond motifs is 1. The molecule has 0 radical (unpaired) electrons. The van der Waals surface area contributed by atoms with Gasteiger partial charge in [-0.1, -0.05) is 19.4 Å². The Hall–Kier alpha value is -1.68. The molecule has 0 aliphatic rings. The Morgan fingerprint density at radius 1 is 1.41 bits per heavy atom. The molecule has 0 fully saturated rings. The zero-order valence-corrected chi connectivity index (χ0v) is 9.86. The molecule has 2 aromatic rings. The van der Waals surface area contributed by atoms with Crippen LogP contribution in [0.4, 0.5) is 0 Å². The molecule has 2 N–H and O–H groups in total. The molecule has 0 spiro atoms. The van der Waals surface area contributed by atoms with E-state index in [-0.39, 0.29) is 12.2 Å². The van der Waals surface area contributed by atoms with Crippen LogP contribution in [0, 0.1) is 0 Å². The van der Waals surface area contributed by atoms with Crippen LogP contribution in [0.2, 0.25) is 0 Å². The number of aromatic amines is 1. The zero-order chi connectivity index (χ0) is 12.3. The van der Waals surface area contributed by atoms with Crippen molar-refractivity contribution in [2.75, 3.05) is 0 Å². The summed E-state index contributed by atoms with van der Waals surface area (Å²) in [6.07, 6.45) is 2.89. The van der Waals surface area contributed by atoms with Crippen molar-refractivity contribution < 1.29 is 5.11 Å². The minimum Gasteiger partial charge on any atom is -0.392 e. The van der Waals surface area contributed by atoms with Crippen LogP contribution in [0.25, 0.3) is 10.9 Å². The first-order valence-electron chi connectivity index (χ1n) is 5.87. The monoisotopic (exact) mass is 232 g/mol. The number of aromatic nitrogens is 2. The van der Waals surface area contributed by atoms with Gasteiger partial charge in [0, 0.05) is 6.42 Å². The number of H-pyrrole nitrogens is 1. The molecule has 90 valence electrons. The highest BCUT2D eigenvalue weighted by Crippen LogP contribution is 2.11. The number of hydrogen-bond acceptors (Lipinski definition) is 3. The van der Waals surface area contributed by atoms with Gasteiger partial charge >= 0.3 is 0 Å². The number of rotatable bonds is 4. The Morgan fingerprint density at radius 2 is 2.24 bits per heavy atom. The van der Waals surface area contributed by atoms with Crippen molar-refractivity contribution in [1.29, 1.82) is 0 Å². The predicted octanol–water partition coefficient (Wildman–Crippen LogP) is 1.76. The molecule has 4 nitrogen and oxygen atoms in total. The second-order valence-corrected chi connectivity index (χ2v) is 4.13. The summed E-state index contributed by atoms with van der Waals surface area (Å²) in [7, 11) is 0. The van der Waals surface area contributed by atoms with Gasteiger partial charge < -0.3 is 10.1 Å². The first-order chi connectivity index (χ1) is 8.24. The molecule has 0 saturated carbocycles. The second-order valence-electron chi connectivity index (χ2n) is 4.13. The van der Waals surface area contributed by atoms with Crippen molar-refractivity contribution in [1.82, 2.24) is 9.97 Å². The van der Waals surface area contributed by atoms with E-state index in [2.05, 4.69) is 16.9 Å². The van der Waals surface area contributed by atoms with Crippen molar-refractivity contribution in [2.24, 2.45) is 0 Å². The van der Waals surface area contributed by atoms with Crippen molar-refractivity contribution in [2.45, 2.75) is 32.8 Å². The Labute approximate surface area is 99.3 Å². The molecule has 0 atom stereocenters. The summed E-state index contributed by atoms with van der Waals surface area (Å²) >= 11 is 0. The maximum absolute atomic E-state index is 11.8. The van der Waals surface area contributed by atoms with Crippen LogP contribution in [0.1, 0.15) is 31.2 Å². The van der Waals surface area contributed by atoms with Gasteiger partial charge in [-0.15, -0.1) is 0 Å². The number of nitrogens with zero attached hydrogens (tertiary/aromatic N) is 1. The summed E-state index contributed by atoms with van der Waals surface area (Å²) in [5.74, 6) is 0.737. The molecule has 2 rings (SSSR count). The topological polar surface area (TPSA) is 66.0 Å². The molecule has 0 bridgehead atoms. The fourth-order valence-corrected chi connectivity index (χ4v) is 1.80. The van der Waals surface area contributed by atoms with Crippen molar-refractivity contribution in [3.05, 3.63) is 39.9 Å².